The number of likely N-dealkylation sites (N-methyl/N-ethyl adjacent to an activating group) is 1. The Balaban J connectivity index is 1.79. The van der Waals surface area contributed by atoms with Crippen LogP contribution in [0.25, 0.3) is 0 Å². The SMILES string of the molecule is CN1C(O)CNC(C2CCCCC2)C2CC(Cl)CCC21. The van der Waals surface area contributed by atoms with Gasteiger partial charge in [0, 0.05) is 24.0 Å². The van der Waals surface area contributed by atoms with Crippen LogP contribution in [0.4, 0.5) is 0 Å². The highest BCUT2D eigenvalue weighted by molar-refractivity contribution is 6.20. The normalized spacial score (nSPS) is 44.9. The second-order valence-electron chi connectivity index (χ2n) is 7.12. The zero-order valence-electron chi connectivity index (χ0n) is 12.6. The fourth-order valence-corrected chi connectivity index (χ4v) is 5.13. The number of hydrogen-bond acceptors (Lipinski definition) is 3. The summed E-state index contributed by atoms with van der Waals surface area (Å²) in [6.45, 7) is 0.706. The number of aliphatic hydroxyl groups excluding tert-OH is 1. The van der Waals surface area contributed by atoms with Crippen LogP contribution < -0.4 is 5.32 Å². The van der Waals surface area contributed by atoms with Gasteiger partial charge in [-0.1, -0.05) is 19.3 Å². The van der Waals surface area contributed by atoms with Crippen LogP contribution in [0.15, 0.2) is 0 Å². The number of halogens is 1. The molecule has 0 amide bonds. The van der Waals surface area contributed by atoms with Crippen molar-refractivity contribution >= 4 is 11.6 Å². The van der Waals surface area contributed by atoms with Gasteiger partial charge in [0.1, 0.15) is 6.23 Å². The van der Waals surface area contributed by atoms with E-state index in [0.717, 1.165) is 25.2 Å². The zero-order chi connectivity index (χ0) is 14.1. The van der Waals surface area contributed by atoms with Crippen molar-refractivity contribution in [1.29, 1.82) is 0 Å². The Hall–Kier alpha value is 0.170. The molecule has 0 aromatic rings. The van der Waals surface area contributed by atoms with Gasteiger partial charge in [0.2, 0.25) is 0 Å². The topological polar surface area (TPSA) is 35.5 Å². The Kier molecular flexibility index (Phi) is 4.91. The number of rotatable bonds is 1. The quantitative estimate of drug-likeness (QED) is 0.731. The number of fused-ring (bicyclic) bond motifs is 1. The molecule has 0 radical (unpaired) electrons. The van der Waals surface area contributed by atoms with E-state index in [1.165, 1.54) is 32.1 Å². The number of nitrogens with one attached hydrogen (secondary N) is 1. The van der Waals surface area contributed by atoms with E-state index in [9.17, 15) is 5.11 Å². The van der Waals surface area contributed by atoms with E-state index in [4.69, 9.17) is 11.6 Å². The Morgan fingerprint density at radius 1 is 1.10 bits per heavy atom. The summed E-state index contributed by atoms with van der Waals surface area (Å²) in [5, 5.41) is 14.3. The molecule has 116 valence electrons. The van der Waals surface area contributed by atoms with Crippen molar-refractivity contribution in [2.75, 3.05) is 13.6 Å². The molecule has 1 heterocycles. The van der Waals surface area contributed by atoms with E-state index in [0.29, 0.717) is 29.9 Å². The van der Waals surface area contributed by atoms with Gasteiger partial charge in [0.05, 0.1) is 0 Å². The molecule has 5 unspecified atom stereocenters. The monoisotopic (exact) mass is 300 g/mol. The molecule has 0 bridgehead atoms. The van der Waals surface area contributed by atoms with Crippen molar-refractivity contribution in [2.24, 2.45) is 11.8 Å². The Labute approximate surface area is 128 Å². The average molecular weight is 301 g/mol. The molecule has 2 aliphatic carbocycles. The van der Waals surface area contributed by atoms with Crippen LogP contribution in [-0.4, -0.2) is 47.3 Å². The third-order valence-corrected chi connectivity index (χ3v) is 6.34. The molecule has 1 saturated heterocycles. The van der Waals surface area contributed by atoms with E-state index in [1.807, 2.05) is 0 Å². The molecule has 3 rings (SSSR count). The lowest BCUT2D eigenvalue weighted by atomic mass is 9.71. The largest absolute Gasteiger partial charge is 0.377 e. The molecule has 1 aliphatic heterocycles. The highest BCUT2D eigenvalue weighted by Gasteiger charge is 2.43. The van der Waals surface area contributed by atoms with E-state index >= 15 is 0 Å². The maximum absolute atomic E-state index is 10.3. The first kappa shape index (κ1) is 15.1. The maximum atomic E-state index is 10.3. The van der Waals surface area contributed by atoms with Crippen LogP contribution >= 0.6 is 11.6 Å². The predicted molar refractivity (Wildman–Crippen MR) is 82.9 cm³/mol. The first-order valence-corrected chi connectivity index (χ1v) is 8.88. The van der Waals surface area contributed by atoms with Gasteiger partial charge in [0.15, 0.2) is 0 Å². The van der Waals surface area contributed by atoms with Crippen molar-refractivity contribution < 1.29 is 5.11 Å². The summed E-state index contributed by atoms with van der Waals surface area (Å²) in [5.41, 5.74) is 0. The summed E-state index contributed by atoms with van der Waals surface area (Å²) < 4.78 is 0. The summed E-state index contributed by atoms with van der Waals surface area (Å²) >= 11 is 6.47. The van der Waals surface area contributed by atoms with Gasteiger partial charge in [-0.2, -0.15) is 0 Å². The second-order valence-corrected chi connectivity index (χ2v) is 7.74. The van der Waals surface area contributed by atoms with E-state index in [2.05, 4.69) is 17.3 Å². The summed E-state index contributed by atoms with van der Waals surface area (Å²) in [5.74, 6) is 1.40. The Bertz CT molecular complexity index is 322. The molecule has 2 N–H and O–H groups in total. The highest BCUT2D eigenvalue weighted by atomic mass is 35.5. The lowest BCUT2D eigenvalue weighted by Gasteiger charge is -2.44. The van der Waals surface area contributed by atoms with Gasteiger partial charge in [0.25, 0.3) is 0 Å². The maximum Gasteiger partial charge on any atom is 0.119 e. The van der Waals surface area contributed by atoms with Gasteiger partial charge in [-0.05, 0) is 51.0 Å². The molecule has 3 fully saturated rings. The van der Waals surface area contributed by atoms with Gasteiger partial charge in [-0.25, -0.2) is 0 Å². The summed E-state index contributed by atoms with van der Waals surface area (Å²) in [4.78, 5) is 2.20. The molecular formula is C16H29ClN2O. The molecule has 0 aromatic carbocycles. The van der Waals surface area contributed by atoms with E-state index in [-0.39, 0.29) is 6.23 Å². The van der Waals surface area contributed by atoms with Gasteiger partial charge >= 0.3 is 0 Å². The molecule has 4 heteroatoms. The third kappa shape index (κ3) is 3.01. The lowest BCUT2D eigenvalue weighted by molar-refractivity contribution is -0.0170. The fraction of sp³-hybridized carbons (Fsp3) is 1.00. The molecule has 3 nitrogen and oxygen atoms in total. The third-order valence-electron chi connectivity index (χ3n) is 5.95. The molecule has 0 spiro atoms. The molecular weight excluding hydrogens is 272 g/mol. The minimum Gasteiger partial charge on any atom is -0.377 e. The summed E-state index contributed by atoms with van der Waals surface area (Å²) in [6.07, 6.45) is 9.86. The smallest absolute Gasteiger partial charge is 0.119 e. The molecule has 20 heavy (non-hydrogen) atoms. The van der Waals surface area contributed by atoms with Gasteiger partial charge in [-0.3, -0.25) is 4.90 Å². The standard InChI is InChI=1S/C16H29ClN2O/c1-19-14-8-7-12(17)9-13(14)16(18-10-15(19)20)11-5-3-2-4-6-11/h11-16,18,20H,2-10H2,1H3. The fourth-order valence-electron chi connectivity index (χ4n) is 4.79. The van der Waals surface area contributed by atoms with Crippen LogP contribution in [0.1, 0.15) is 51.4 Å². The average Bonchev–Trinajstić information content (AvgIpc) is 2.58. The highest BCUT2D eigenvalue weighted by Crippen LogP contribution is 2.40. The number of aliphatic hydroxyl groups is 1. The minimum atomic E-state index is -0.344. The van der Waals surface area contributed by atoms with Crippen molar-refractivity contribution in [2.45, 2.75) is 75.1 Å². The van der Waals surface area contributed by atoms with E-state index < -0.39 is 0 Å². The Morgan fingerprint density at radius 2 is 1.85 bits per heavy atom. The van der Waals surface area contributed by atoms with Crippen LogP contribution in [0.3, 0.4) is 0 Å². The summed E-state index contributed by atoms with van der Waals surface area (Å²) in [6, 6.07) is 1.06. The second kappa shape index (κ2) is 6.51. The summed E-state index contributed by atoms with van der Waals surface area (Å²) in [7, 11) is 2.09. The van der Waals surface area contributed by atoms with Crippen LogP contribution in [0.5, 0.6) is 0 Å². The predicted octanol–water partition coefficient (Wildman–Crippen LogP) is 2.56. The lowest BCUT2D eigenvalue weighted by Crippen LogP contribution is -2.50. The first-order chi connectivity index (χ1) is 9.66. The van der Waals surface area contributed by atoms with Crippen molar-refractivity contribution in [3.63, 3.8) is 0 Å². The van der Waals surface area contributed by atoms with Gasteiger partial charge < -0.3 is 10.4 Å². The van der Waals surface area contributed by atoms with E-state index in [1.54, 1.807) is 0 Å². The van der Waals surface area contributed by atoms with Crippen LogP contribution in [0.2, 0.25) is 0 Å². The molecule has 3 aliphatic rings. The number of β-amino-alcohol motifs (C(OH)–C–C–N with tert-alkyl or cyclic N) is 1. The number of hydrogen-bond donors (Lipinski definition) is 2. The van der Waals surface area contributed by atoms with Crippen molar-refractivity contribution in [3.8, 4) is 0 Å². The zero-order valence-corrected chi connectivity index (χ0v) is 13.4. The van der Waals surface area contributed by atoms with Crippen LogP contribution in [-0.2, 0) is 0 Å². The number of alkyl halides is 1. The molecule has 0 aromatic heterocycles. The number of nitrogens with zero attached hydrogens (tertiary/aromatic N) is 1. The van der Waals surface area contributed by atoms with Crippen molar-refractivity contribution in [3.05, 3.63) is 0 Å². The first-order valence-electron chi connectivity index (χ1n) is 8.44. The van der Waals surface area contributed by atoms with Crippen molar-refractivity contribution in [1.82, 2.24) is 10.2 Å². The van der Waals surface area contributed by atoms with Crippen LogP contribution in [0, 0.1) is 11.8 Å². The van der Waals surface area contributed by atoms with Gasteiger partial charge in [-0.15, -0.1) is 11.6 Å². The Morgan fingerprint density at radius 3 is 2.60 bits per heavy atom. The molecule has 5 atom stereocenters. The molecule has 2 saturated carbocycles. The minimum absolute atomic E-state index is 0.327.